The van der Waals surface area contributed by atoms with Crippen molar-refractivity contribution in [3.63, 3.8) is 0 Å². The van der Waals surface area contributed by atoms with Gasteiger partial charge in [0.15, 0.2) is 0 Å². The van der Waals surface area contributed by atoms with E-state index < -0.39 is 0 Å². The third-order valence-corrected chi connectivity index (χ3v) is 5.26. The Morgan fingerprint density at radius 2 is 2.12 bits per heavy atom. The third kappa shape index (κ3) is 3.25. The highest BCUT2D eigenvalue weighted by Crippen LogP contribution is 2.33. The van der Waals surface area contributed by atoms with Crippen LogP contribution in [0, 0.1) is 13.8 Å². The van der Waals surface area contributed by atoms with Gasteiger partial charge in [-0.15, -0.1) is 21.5 Å². The van der Waals surface area contributed by atoms with Crippen molar-refractivity contribution in [2.45, 2.75) is 26.7 Å². The summed E-state index contributed by atoms with van der Waals surface area (Å²) in [5, 5.41) is 12.0. The van der Waals surface area contributed by atoms with Gasteiger partial charge < -0.3 is 14.7 Å². The molecule has 3 heterocycles. The minimum Gasteiger partial charge on any atom is -0.420 e. The van der Waals surface area contributed by atoms with Gasteiger partial charge in [-0.2, -0.15) is 0 Å². The lowest BCUT2D eigenvalue weighted by atomic mass is 10.1. The van der Waals surface area contributed by atoms with E-state index in [1.165, 1.54) is 16.7 Å². The van der Waals surface area contributed by atoms with Crippen LogP contribution in [0.1, 0.15) is 22.8 Å². The van der Waals surface area contributed by atoms with E-state index in [4.69, 9.17) is 4.42 Å². The van der Waals surface area contributed by atoms with Crippen molar-refractivity contribution < 1.29 is 9.21 Å². The van der Waals surface area contributed by atoms with Gasteiger partial charge in [-0.25, -0.2) is 0 Å². The fourth-order valence-corrected chi connectivity index (χ4v) is 3.80. The molecule has 132 valence electrons. The Hall–Kier alpha value is -2.93. The van der Waals surface area contributed by atoms with Crippen molar-refractivity contribution in [3.8, 4) is 10.8 Å². The number of aromatic amines is 1. The van der Waals surface area contributed by atoms with Gasteiger partial charge >= 0.3 is 0 Å². The highest BCUT2D eigenvalue weighted by Gasteiger charge is 2.14. The van der Waals surface area contributed by atoms with E-state index in [9.17, 15) is 4.79 Å². The summed E-state index contributed by atoms with van der Waals surface area (Å²) in [5.74, 6) is 0.995. The first-order chi connectivity index (χ1) is 12.6. The number of hydrogen-bond donors (Lipinski definition) is 2. The van der Waals surface area contributed by atoms with Gasteiger partial charge in [0.05, 0.1) is 10.6 Å². The minimum atomic E-state index is -0.00978. The number of amides is 1. The van der Waals surface area contributed by atoms with Gasteiger partial charge in [0.25, 0.3) is 5.89 Å². The van der Waals surface area contributed by atoms with Crippen LogP contribution in [0.3, 0.4) is 0 Å². The molecule has 0 aliphatic rings. The lowest BCUT2D eigenvalue weighted by molar-refractivity contribution is -0.116. The standard InChI is InChI=1S/C19H18N4O2S/c1-11-16(9-17(26-11)19-23-22-12(2)25-19)21-18(24)8-7-13-10-20-15-6-4-3-5-14(13)15/h3-6,9-10,20H,7-8H2,1-2H3,(H,21,24). The van der Waals surface area contributed by atoms with E-state index in [-0.39, 0.29) is 5.91 Å². The van der Waals surface area contributed by atoms with E-state index in [1.807, 2.05) is 37.4 Å². The Labute approximate surface area is 154 Å². The van der Waals surface area contributed by atoms with Crippen molar-refractivity contribution in [2.24, 2.45) is 0 Å². The number of H-pyrrole nitrogens is 1. The van der Waals surface area contributed by atoms with E-state index in [0.717, 1.165) is 26.5 Å². The molecule has 1 aromatic carbocycles. The monoisotopic (exact) mass is 366 g/mol. The number of fused-ring (bicyclic) bond motifs is 1. The number of nitrogens with one attached hydrogen (secondary N) is 2. The molecule has 0 atom stereocenters. The van der Waals surface area contributed by atoms with E-state index >= 15 is 0 Å². The number of hydrogen-bond acceptors (Lipinski definition) is 5. The predicted molar refractivity (Wildman–Crippen MR) is 102 cm³/mol. The van der Waals surface area contributed by atoms with E-state index in [2.05, 4.69) is 26.6 Å². The summed E-state index contributed by atoms with van der Waals surface area (Å²) in [4.78, 5) is 17.5. The molecule has 0 saturated carbocycles. The largest absolute Gasteiger partial charge is 0.420 e. The molecule has 26 heavy (non-hydrogen) atoms. The average Bonchev–Trinajstić information content (AvgIpc) is 3.33. The zero-order valence-electron chi connectivity index (χ0n) is 14.5. The van der Waals surface area contributed by atoms with Crippen LogP contribution in [0.5, 0.6) is 0 Å². The summed E-state index contributed by atoms with van der Waals surface area (Å²) in [6.07, 6.45) is 3.09. The maximum Gasteiger partial charge on any atom is 0.257 e. The number of benzene rings is 1. The summed E-state index contributed by atoms with van der Waals surface area (Å²) >= 11 is 1.52. The number of anilines is 1. The molecule has 0 saturated heterocycles. The summed E-state index contributed by atoms with van der Waals surface area (Å²) in [7, 11) is 0. The molecular formula is C19H18N4O2S. The minimum absolute atomic E-state index is 0.00978. The topological polar surface area (TPSA) is 83.8 Å². The van der Waals surface area contributed by atoms with Crippen molar-refractivity contribution in [1.29, 1.82) is 0 Å². The second-order valence-corrected chi connectivity index (χ2v) is 7.37. The maximum absolute atomic E-state index is 12.4. The first-order valence-electron chi connectivity index (χ1n) is 8.36. The number of aromatic nitrogens is 3. The molecule has 7 heteroatoms. The quantitative estimate of drug-likeness (QED) is 0.546. The Morgan fingerprint density at radius 1 is 1.27 bits per heavy atom. The highest BCUT2D eigenvalue weighted by atomic mass is 32.1. The number of carbonyl (C=O) groups is 1. The van der Waals surface area contributed by atoms with Crippen LogP contribution in [-0.4, -0.2) is 21.1 Å². The Bertz CT molecular complexity index is 1080. The van der Waals surface area contributed by atoms with Crippen LogP contribution in [0.2, 0.25) is 0 Å². The van der Waals surface area contributed by atoms with Crippen molar-refractivity contribution >= 4 is 33.8 Å². The summed E-state index contributed by atoms with van der Waals surface area (Å²) in [5.41, 5.74) is 3.04. The molecule has 0 fully saturated rings. The molecule has 0 bridgehead atoms. The second kappa shape index (κ2) is 6.76. The van der Waals surface area contributed by atoms with Crippen LogP contribution in [0.4, 0.5) is 5.69 Å². The lowest BCUT2D eigenvalue weighted by Gasteiger charge is -2.04. The van der Waals surface area contributed by atoms with Crippen molar-refractivity contribution in [1.82, 2.24) is 15.2 Å². The fourth-order valence-electron chi connectivity index (χ4n) is 2.91. The molecule has 3 aromatic heterocycles. The number of nitrogens with zero attached hydrogens (tertiary/aromatic N) is 2. The molecule has 2 N–H and O–H groups in total. The molecule has 0 aliphatic carbocycles. The number of thiophene rings is 1. The van der Waals surface area contributed by atoms with E-state index in [1.54, 1.807) is 6.92 Å². The van der Waals surface area contributed by atoms with Crippen molar-refractivity contribution in [3.05, 3.63) is 52.9 Å². The van der Waals surface area contributed by atoms with Gasteiger partial charge in [-0.3, -0.25) is 4.79 Å². The summed E-state index contributed by atoms with van der Waals surface area (Å²) in [6, 6.07) is 10.00. The fraction of sp³-hybridized carbons (Fsp3) is 0.211. The molecule has 4 aromatic rings. The molecule has 0 aliphatic heterocycles. The molecular weight excluding hydrogens is 348 g/mol. The maximum atomic E-state index is 12.4. The molecule has 4 rings (SSSR count). The van der Waals surface area contributed by atoms with Crippen molar-refractivity contribution in [2.75, 3.05) is 5.32 Å². The molecule has 0 unspecified atom stereocenters. The third-order valence-electron chi connectivity index (χ3n) is 4.22. The van der Waals surface area contributed by atoms with Gasteiger partial charge in [-0.1, -0.05) is 18.2 Å². The Balaban J connectivity index is 1.43. The zero-order valence-corrected chi connectivity index (χ0v) is 15.3. The number of para-hydroxylation sites is 1. The second-order valence-electron chi connectivity index (χ2n) is 6.11. The predicted octanol–water partition coefficient (Wildman–Crippen LogP) is 4.47. The normalized spacial score (nSPS) is 11.2. The highest BCUT2D eigenvalue weighted by molar-refractivity contribution is 7.15. The SMILES string of the molecule is Cc1nnc(-c2cc(NC(=O)CCc3c[nH]c4ccccc34)c(C)s2)o1. The molecule has 6 nitrogen and oxygen atoms in total. The number of aryl methyl sites for hydroxylation is 3. The van der Waals surface area contributed by atoms with Crippen LogP contribution in [-0.2, 0) is 11.2 Å². The Kier molecular flexibility index (Phi) is 4.30. The van der Waals surface area contributed by atoms with Gasteiger partial charge in [0, 0.05) is 35.3 Å². The lowest BCUT2D eigenvalue weighted by Crippen LogP contribution is -2.12. The summed E-state index contributed by atoms with van der Waals surface area (Å²) in [6.45, 7) is 3.72. The summed E-state index contributed by atoms with van der Waals surface area (Å²) < 4.78 is 5.45. The smallest absolute Gasteiger partial charge is 0.257 e. The average molecular weight is 366 g/mol. The van der Waals surface area contributed by atoms with Gasteiger partial charge in [-0.05, 0) is 31.0 Å². The van der Waals surface area contributed by atoms with Crippen LogP contribution in [0.15, 0.2) is 40.9 Å². The van der Waals surface area contributed by atoms with Gasteiger partial charge in [0.2, 0.25) is 11.8 Å². The van der Waals surface area contributed by atoms with Crippen LogP contribution in [0.25, 0.3) is 21.7 Å². The molecule has 0 radical (unpaired) electrons. The molecule has 0 spiro atoms. The van der Waals surface area contributed by atoms with E-state index in [0.29, 0.717) is 24.6 Å². The van der Waals surface area contributed by atoms with Gasteiger partial charge in [0.1, 0.15) is 0 Å². The zero-order chi connectivity index (χ0) is 18.1. The Morgan fingerprint density at radius 3 is 2.92 bits per heavy atom. The van der Waals surface area contributed by atoms with Crippen LogP contribution >= 0.6 is 11.3 Å². The number of carbonyl (C=O) groups excluding carboxylic acids is 1. The number of rotatable bonds is 5. The first kappa shape index (κ1) is 16.5. The first-order valence-corrected chi connectivity index (χ1v) is 9.17. The molecule has 1 amide bonds. The van der Waals surface area contributed by atoms with Crippen LogP contribution < -0.4 is 5.32 Å².